The van der Waals surface area contributed by atoms with Gasteiger partial charge in [-0.3, -0.25) is 0 Å². The Morgan fingerprint density at radius 1 is 1.06 bits per heavy atom. The van der Waals surface area contributed by atoms with E-state index in [1.807, 2.05) is 6.92 Å². The monoisotopic (exact) mass is 450 g/mol. The molecule has 3 rings (SSSR count). The summed E-state index contributed by atoms with van der Waals surface area (Å²) in [4.78, 5) is 14.5. The third-order valence-corrected chi connectivity index (χ3v) is 6.32. The van der Waals surface area contributed by atoms with Gasteiger partial charge >= 0.3 is 6.09 Å². The number of hydrogen-bond donors (Lipinski definition) is 2. The maximum atomic E-state index is 13.5. The molecule has 0 spiro atoms. The molecule has 0 saturated heterocycles. The predicted octanol–water partition coefficient (Wildman–Crippen LogP) is 4.65. The van der Waals surface area contributed by atoms with Crippen molar-refractivity contribution in [2.24, 2.45) is 0 Å². The number of aromatic amines is 1. The SMILES string of the molecule is Cc1[nH]c2ccc(S(=O)(=O)c3cc(F)cc(F)c3)cc2c1CCNC(=O)OC(C)(C)C. The number of rotatable bonds is 5. The van der Waals surface area contributed by atoms with Gasteiger partial charge in [-0.1, -0.05) is 0 Å². The molecule has 3 aromatic rings. The van der Waals surface area contributed by atoms with Crippen molar-refractivity contribution in [3.8, 4) is 0 Å². The summed E-state index contributed by atoms with van der Waals surface area (Å²) in [5.41, 5.74) is 1.76. The number of halogens is 2. The molecule has 1 heterocycles. The average molecular weight is 451 g/mol. The van der Waals surface area contributed by atoms with E-state index in [1.54, 1.807) is 26.8 Å². The number of aromatic nitrogens is 1. The largest absolute Gasteiger partial charge is 0.444 e. The van der Waals surface area contributed by atoms with E-state index in [9.17, 15) is 22.0 Å². The van der Waals surface area contributed by atoms with E-state index >= 15 is 0 Å². The molecule has 0 aliphatic rings. The molecule has 31 heavy (non-hydrogen) atoms. The number of benzene rings is 2. The smallest absolute Gasteiger partial charge is 0.407 e. The number of alkyl carbamates (subject to hydrolysis) is 1. The summed E-state index contributed by atoms with van der Waals surface area (Å²) in [5, 5.41) is 3.33. The number of nitrogens with one attached hydrogen (secondary N) is 2. The van der Waals surface area contributed by atoms with Crippen LogP contribution in [0.2, 0.25) is 0 Å². The number of sulfone groups is 1. The van der Waals surface area contributed by atoms with Gasteiger partial charge in [-0.25, -0.2) is 22.0 Å². The van der Waals surface area contributed by atoms with Gasteiger partial charge in [-0.2, -0.15) is 0 Å². The van der Waals surface area contributed by atoms with Crippen LogP contribution in [0.25, 0.3) is 10.9 Å². The summed E-state index contributed by atoms with van der Waals surface area (Å²) in [6.45, 7) is 7.43. The Morgan fingerprint density at radius 2 is 1.71 bits per heavy atom. The summed E-state index contributed by atoms with van der Waals surface area (Å²) in [7, 11) is -4.12. The maximum absolute atomic E-state index is 13.5. The van der Waals surface area contributed by atoms with Crippen molar-refractivity contribution in [2.45, 2.75) is 49.5 Å². The minimum Gasteiger partial charge on any atom is -0.444 e. The molecular weight excluding hydrogens is 426 g/mol. The minimum atomic E-state index is -4.12. The molecule has 1 amide bonds. The van der Waals surface area contributed by atoms with Gasteiger partial charge in [-0.15, -0.1) is 0 Å². The molecule has 0 bridgehead atoms. The molecule has 2 N–H and O–H groups in total. The maximum Gasteiger partial charge on any atom is 0.407 e. The zero-order valence-electron chi connectivity index (χ0n) is 17.7. The lowest BCUT2D eigenvalue weighted by atomic mass is 10.1. The molecule has 0 saturated carbocycles. The van der Waals surface area contributed by atoms with E-state index < -0.39 is 38.1 Å². The number of hydrogen-bond acceptors (Lipinski definition) is 4. The Bertz CT molecular complexity index is 1220. The summed E-state index contributed by atoms with van der Waals surface area (Å²) < 4.78 is 58.1. The lowest BCUT2D eigenvalue weighted by Crippen LogP contribution is -2.33. The highest BCUT2D eigenvalue weighted by atomic mass is 32.2. The van der Waals surface area contributed by atoms with Crippen molar-refractivity contribution in [3.63, 3.8) is 0 Å². The zero-order valence-corrected chi connectivity index (χ0v) is 18.5. The Balaban J connectivity index is 1.89. The third-order valence-electron chi connectivity index (χ3n) is 4.59. The van der Waals surface area contributed by atoms with Crippen LogP contribution in [0, 0.1) is 18.6 Å². The Kier molecular flexibility index (Phi) is 6.09. The molecule has 0 radical (unpaired) electrons. The number of ether oxygens (including phenoxy) is 1. The van der Waals surface area contributed by atoms with E-state index in [1.165, 1.54) is 12.1 Å². The summed E-state index contributed by atoms with van der Waals surface area (Å²) in [6, 6.07) is 6.66. The highest BCUT2D eigenvalue weighted by molar-refractivity contribution is 7.91. The molecule has 0 aliphatic heterocycles. The van der Waals surface area contributed by atoms with Crippen molar-refractivity contribution in [2.75, 3.05) is 6.54 Å². The molecule has 0 unspecified atom stereocenters. The van der Waals surface area contributed by atoms with Gasteiger partial charge in [0.15, 0.2) is 0 Å². The van der Waals surface area contributed by atoms with Crippen LogP contribution in [0.1, 0.15) is 32.0 Å². The fourth-order valence-corrected chi connectivity index (χ4v) is 4.60. The van der Waals surface area contributed by atoms with Crippen LogP contribution in [0.4, 0.5) is 13.6 Å². The topological polar surface area (TPSA) is 88.3 Å². The number of carbonyl (C=O) groups is 1. The average Bonchev–Trinajstić information content (AvgIpc) is 2.94. The number of carbonyl (C=O) groups excluding carboxylic acids is 1. The molecule has 0 fully saturated rings. The van der Waals surface area contributed by atoms with E-state index in [0.717, 1.165) is 23.4 Å². The van der Waals surface area contributed by atoms with Crippen LogP contribution in [0.5, 0.6) is 0 Å². The van der Waals surface area contributed by atoms with Gasteiger partial charge in [0.05, 0.1) is 9.79 Å². The Morgan fingerprint density at radius 3 is 2.32 bits per heavy atom. The van der Waals surface area contributed by atoms with Gasteiger partial charge in [0.25, 0.3) is 0 Å². The zero-order chi connectivity index (χ0) is 23.0. The highest BCUT2D eigenvalue weighted by Gasteiger charge is 2.22. The van der Waals surface area contributed by atoms with Crippen LogP contribution < -0.4 is 5.32 Å². The van der Waals surface area contributed by atoms with Crippen LogP contribution in [-0.4, -0.2) is 31.6 Å². The second-order valence-corrected chi connectivity index (χ2v) is 10.2. The van der Waals surface area contributed by atoms with Crippen LogP contribution in [0.15, 0.2) is 46.2 Å². The standard InChI is InChI=1S/C22H24F2N2O4S/c1-13-18(7-8-25-21(27)30-22(2,3)4)19-12-16(5-6-20(19)26-13)31(28,29)17-10-14(23)9-15(24)11-17/h5-6,9-12,26H,7-8H2,1-4H3,(H,25,27). The van der Waals surface area contributed by atoms with E-state index in [2.05, 4.69) is 10.3 Å². The highest BCUT2D eigenvalue weighted by Crippen LogP contribution is 2.29. The van der Waals surface area contributed by atoms with Crippen LogP contribution >= 0.6 is 0 Å². The van der Waals surface area contributed by atoms with Crippen LogP contribution in [0.3, 0.4) is 0 Å². The van der Waals surface area contributed by atoms with Crippen molar-refractivity contribution >= 4 is 26.8 Å². The van der Waals surface area contributed by atoms with Gasteiger partial charge in [0.2, 0.25) is 9.84 Å². The minimum absolute atomic E-state index is 0.0784. The van der Waals surface area contributed by atoms with E-state index in [-0.39, 0.29) is 11.4 Å². The first kappa shape index (κ1) is 22.7. The first-order valence-corrected chi connectivity index (χ1v) is 11.1. The lowest BCUT2D eigenvalue weighted by Gasteiger charge is -2.19. The number of aryl methyl sites for hydroxylation is 1. The molecule has 9 heteroatoms. The van der Waals surface area contributed by atoms with Gasteiger partial charge in [0.1, 0.15) is 17.2 Å². The summed E-state index contributed by atoms with van der Waals surface area (Å²) >= 11 is 0. The van der Waals surface area contributed by atoms with Crippen molar-refractivity contribution in [1.82, 2.24) is 10.3 Å². The predicted molar refractivity (Wildman–Crippen MR) is 113 cm³/mol. The molecular formula is C22H24F2N2O4S. The first-order chi connectivity index (χ1) is 14.4. The molecule has 166 valence electrons. The molecule has 6 nitrogen and oxygen atoms in total. The molecule has 0 aliphatic carbocycles. The quantitative estimate of drug-likeness (QED) is 0.592. The fourth-order valence-electron chi connectivity index (χ4n) is 3.27. The number of fused-ring (bicyclic) bond motifs is 1. The summed E-state index contributed by atoms with van der Waals surface area (Å²) in [5.74, 6) is -1.93. The lowest BCUT2D eigenvalue weighted by molar-refractivity contribution is 0.0528. The first-order valence-electron chi connectivity index (χ1n) is 9.66. The van der Waals surface area contributed by atoms with E-state index in [4.69, 9.17) is 4.74 Å². The van der Waals surface area contributed by atoms with Crippen molar-refractivity contribution in [1.29, 1.82) is 0 Å². The van der Waals surface area contributed by atoms with Crippen LogP contribution in [-0.2, 0) is 21.0 Å². The second-order valence-electron chi connectivity index (χ2n) is 8.22. The second kappa shape index (κ2) is 8.30. The van der Waals surface area contributed by atoms with Gasteiger partial charge in [0, 0.05) is 29.2 Å². The van der Waals surface area contributed by atoms with Crippen molar-refractivity contribution < 1.29 is 26.7 Å². The molecule has 0 atom stereocenters. The van der Waals surface area contributed by atoms with Crippen molar-refractivity contribution in [3.05, 3.63) is 59.3 Å². The number of amides is 1. The molecule has 2 aromatic carbocycles. The third kappa shape index (κ3) is 5.22. The Hall–Kier alpha value is -2.94. The van der Waals surface area contributed by atoms with Gasteiger partial charge in [-0.05, 0) is 70.0 Å². The van der Waals surface area contributed by atoms with Gasteiger partial charge < -0.3 is 15.0 Å². The number of H-pyrrole nitrogens is 1. The summed E-state index contributed by atoms with van der Waals surface area (Å²) in [6.07, 6.45) is -0.107. The van der Waals surface area contributed by atoms with E-state index in [0.29, 0.717) is 23.4 Å². The molecule has 1 aromatic heterocycles. The fraction of sp³-hybridized carbons (Fsp3) is 0.318. The normalized spacial score (nSPS) is 12.2. The Labute approximate surface area is 179 Å².